The standard InChI is InChI=1S/C22H21N3O3/c1-25(15-16-5-3-2-4-6-16)18-9-10-23-19(14-18)22(26)24-17-7-8-20-21(13-17)28-12-11-27-20/h2-10,13-14H,11-12,15H2,1H3,(H,24,26). The largest absolute Gasteiger partial charge is 0.486 e. The zero-order valence-electron chi connectivity index (χ0n) is 15.6. The topological polar surface area (TPSA) is 63.7 Å². The van der Waals surface area contributed by atoms with Crippen LogP contribution in [0.1, 0.15) is 16.1 Å². The van der Waals surface area contributed by atoms with Gasteiger partial charge in [-0.1, -0.05) is 30.3 Å². The van der Waals surface area contributed by atoms with E-state index in [2.05, 4.69) is 27.3 Å². The van der Waals surface area contributed by atoms with Gasteiger partial charge < -0.3 is 19.7 Å². The molecule has 0 unspecified atom stereocenters. The third-order valence-corrected chi connectivity index (χ3v) is 4.48. The van der Waals surface area contributed by atoms with Crippen molar-refractivity contribution in [1.29, 1.82) is 0 Å². The molecular formula is C22H21N3O3. The van der Waals surface area contributed by atoms with Gasteiger partial charge in [0.2, 0.25) is 0 Å². The zero-order valence-corrected chi connectivity index (χ0v) is 15.6. The van der Waals surface area contributed by atoms with E-state index in [1.165, 1.54) is 5.56 Å². The smallest absolute Gasteiger partial charge is 0.274 e. The maximum absolute atomic E-state index is 12.7. The monoisotopic (exact) mass is 375 g/mol. The highest BCUT2D eigenvalue weighted by Crippen LogP contribution is 2.32. The van der Waals surface area contributed by atoms with Gasteiger partial charge in [-0.05, 0) is 29.8 Å². The molecule has 0 radical (unpaired) electrons. The van der Waals surface area contributed by atoms with E-state index in [0.29, 0.717) is 36.1 Å². The van der Waals surface area contributed by atoms with Gasteiger partial charge in [0.05, 0.1) is 0 Å². The molecule has 3 aromatic rings. The highest BCUT2D eigenvalue weighted by Gasteiger charge is 2.15. The molecule has 0 bridgehead atoms. The number of carbonyl (C=O) groups is 1. The summed E-state index contributed by atoms with van der Waals surface area (Å²) in [5.41, 5.74) is 3.11. The summed E-state index contributed by atoms with van der Waals surface area (Å²) in [5, 5.41) is 2.87. The number of ether oxygens (including phenoxy) is 2. The van der Waals surface area contributed by atoms with Crippen molar-refractivity contribution in [2.24, 2.45) is 0 Å². The van der Waals surface area contributed by atoms with Gasteiger partial charge in [-0.2, -0.15) is 0 Å². The number of benzene rings is 2. The Labute approximate surface area is 163 Å². The first kappa shape index (κ1) is 17.9. The van der Waals surface area contributed by atoms with Gasteiger partial charge in [0, 0.05) is 37.2 Å². The number of carbonyl (C=O) groups excluding carboxylic acids is 1. The summed E-state index contributed by atoms with van der Waals surface area (Å²) < 4.78 is 11.1. The van der Waals surface area contributed by atoms with Crippen LogP contribution in [0.5, 0.6) is 11.5 Å². The second-order valence-corrected chi connectivity index (χ2v) is 6.55. The van der Waals surface area contributed by atoms with Gasteiger partial charge in [-0.15, -0.1) is 0 Å². The molecule has 1 aromatic heterocycles. The van der Waals surface area contributed by atoms with E-state index < -0.39 is 0 Å². The fourth-order valence-electron chi connectivity index (χ4n) is 3.05. The van der Waals surface area contributed by atoms with Crippen LogP contribution in [0, 0.1) is 0 Å². The summed E-state index contributed by atoms with van der Waals surface area (Å²) in [6, 6.07) is 19.2. The maximum Gasteiger partial charge on any atom is 0.274 e. The van der Waals surface area contributed by atoms with Crippen LogP contribution in [-0.4, -0.2) is 31.2 Å². The Morgan fingerprint density at radius 1 is 1.04 bits per heavy atom. The minimum absolute atomic E-state index is 0.272. The molecule has 28 heavy (non-hydrogen) atoms. The molecule has 1 N–H and O–H groups in total. The van der Waals surface area contributed by atoms with Crippen molar-refractivity contribution >= 4 is 17.3 Å². The third-order valence-electron chi connectivity index (χ3n) is 4.48. The fourth-order valence-corrected chi connectivity index (χ4v) is 3.05. The van der Waals surface area contributed by atoms with Crippen molar-refractivity contribution in [3.63, 3.8) is 0 Å². The van der Waals surface area contributed by atoms with E-state index in [-0.39, 0.29) is 5.91 Å². The number of aromatic nitrogens is 1. The summed E-state index contributed by atoms with van der Waals surface area (Å²) >= 11 is 0. The number of hydrogen-bond acceptors (Lipinski definition) is 5. The van der Waals surface area contributed by atoms with Gasteiger partial charge in [-0.3, -0.25) is 9.78 Å². The molecule has 1 amide bonds. The van der Waals surface area contributed by atoms with Crippen LogP contribution in [0.15, 0.2) is 66.9 Å². The molecule has 1 aliphatic rings. The van der Waals surface area contributed by atoms with Crippen molar-refractivity contribution in [3.8, 4) is 11.5 Å². The Bertz CT molecular complexity index is 976. The van der Waals surface area contributed by atoms with E-state index in [1.54, 1.807) is 30.5 Å². The molecule has 142 valence electrons. The first-order valence-corrected chi connectivity index (χ1v) is 9.11. The first-order valence-electron chi connectivity index (χ1n) is 9.11. The number of anilines is 2. The number of amides is 1. The molecule has 0 atom stereocenters. The van der Waals surface area contributed by atoms with Crippen LogP contribution in [0.4, 0.5) is 11.4 Å². The van der Waals surface area contributed by atoms with Gasteiger partial charge in [0.15, 0.2) is 11.5 Å². The molecule has 2 aromatic carbocycles. The van der Waals surface area contributed by atoms with Crippen molar-refractivity contribution in [2.75, 3.05) is 30.5 Å². The van der Waals surface area contributed by atoms with Gasteiger partial charge in [-0.25, -0.2) is 0 Å². The Hall–Kier alpha value is -3.54. The highest BCUT2D eigenvalue weighted by atomic mass is 16.6. The minimum Gasteiger partial charge on any atom is -0.486 e. The molecule has 2 heterocycles. The predicted octanol–water partition coefficient (Wildman–Crippen LogP) is 3.74. The molecule has 0 saturated carbocycles. The lowest BCUT2D eigenvalue weighted by Crippen LogP contribution is -2.19. The Balaban J connectivity index is 1.47. The molecule has 1 aliphatic heterocycles. The molecule has 0 aliphatic carbocycles. The van der Waals surface area contributed by atoms with Crippen molar-refractivity contribution in [2.45, 2.75) is 6.54 Å². The third kappa shape index (κ3) is 4.06. The van der Waals surface area contributed by atoms with Crippen LogP contribution >= 0.6 is 0 Å². The second-order valence-electron chi connectivity index (χ2n) is 6.55. The summed E-state index contributed by atoms with van der Waals surface area (Å²) in [7, 11) is 1.99. The Morgan fingerprint density at radius 3 is 2.64 bits per heavy atom. The van der Waals surface area contributed by atoms with Gasteiger partial charge in [0.1, 0.15) is 18.9 Å². The van der Waals surface area contributed by atoms with E-state index in [9.17, 15) is 4.79 Å². The summed E-state index contributed by atoms with van der Waals surface area (Å²) in [6.45, 7) is 1.78. The average molecular weight is 375 g/mol. The number of pyridine rings is 1. The van der Waals surface area contributed by atoms with Crippen molar-refractivity contribution < 1.29 is 14.3 Å². The average Bonchev–Trinajstić information content (AvgIpc) is 2.74. The summed E-state index contributed by atoms with van der Waals surface area (Å²) in [6.07, 6.45) is 1.65. The van der Waals surface area contributed by atoms with Gasteiger partial charge in [0.25, 0.3) is 5.91 Å². The first-order chi connectivity index (χ1) is 13.7. The molecule has 6 heteroatoms. The lowest BCUT2D eigenvalue weighted by Gasteiger charge is -2.20. The van der Waals surface area contributed by atoms with E-state index in [0.717, 1.165) is 12.2 Å². The number of nitrogens with zero attached hydrogens (tertiary/aromatic N) is 2. The molecule has 4 rings (SSSR count). The number of rotatable bonds is 5. The van der Waals surface area contributed by atoms with Crippen molar-refractivity contribution in [3.05, 3.63) is 78.1 Å². The van der Waals surface area contributed by atoms with Crippen LogP contribution < -0.4 is 19.7 Å². The number of fused-ring (bicyclic) bond motifs is 1. The van der Waals surface area contributed by atoms with Crippen molar-refractivity contribution in [1.82, 2.24) is 4.98 Å². The normalized spacial score (nSPS) is 12.3. The summed E-state index contributed by atoms with van der Waals surface area (Å²) in [5.74, 6) is 1.05. The SMILES string of the molecule is CN(Cc1ccccc1)c1ccnc(C(=O)Nc2ccc3c(c2)OCCO3)c1. The van der Waals surface area contributed by atoms with Crippen LogP contribution in [0.25, 0.3) is 0 Å². The molecule has 0 fully saturated rings. The van der Waals surface area contributed by atoms with E-state index in [1.807, 2.05) is 31.3 Å². The molecule has 6 nitrogen and oxygen atoms in total. The van der Waals surface area contributed by atoms with Crippen LogP contribution in [-0.2, 0) is 6.54 Å². The molecule has 0 saturated heterocycles. The Kier molecular flexibility index (Phi) is 5.10. The molecule has 0 spiro atoms. The Morgan fingerprint density at radius 2 is 1.82 bits per heavy atom. The van der Waals surface area contributed by atoms with E-state index >= 15 is 0 Å². The lowest BCUT2D eigenvalue weighted by molar-refractivity contribution is 0.102. The predicted molar refractivity (Wildman–Crippen MR) is 108 cm³/mol. The van der Waals surface area contributed by atoms with Crippen LogP contribution in [0.2, 0.25) is 0 Å². The van der Waals surface area contributed by atoms with Crippen LogP contribution in [0.3, 0.4) is 0 Å². The number of hydrogen-bond donors (Lipinski definition) is 1. The maximum atomic E-state index is 12.7. The van der Waals surface area contributed by atoms with Gasteiger partial charge >= 0.3 is 0 Å². The van der Waals surface area contributed by atoms with E-state index in [4.69, 9.17) is 9.47 Å². The minimum atomic E-state index is -0.272. The second kappa shape index (κ2) is 8.00. The quantitative estimate of drug-likeness (QED) is 0.736. The zero-order chi connectivity index (χ0) is 19.3. The number of nitrogens with one attached hydrogen (secondary N) is 1. The fraction of sp³-hybridized carbons (Fsp3) is 0.182. The highest BCUT2D eigenvalue weighted by molar-refractivity contribution is 6.03. The molecular weight excluding hydrogens is 354 g/mol. The lowest BCUT2D eigenvalue weighted by atomic mass is 10.2. The summed E-state index contributed by atoms with van der Waals surface area (Å²) in [4.78, 5) is 19.0.